The molecular formula is C13H16BrNO2. The minimum atomic E-state index is 0.105. The summed E-state index contributed by atoms with van der Waals surface area (Å²) >= 11 is 3.44. The Bertz CT molecular complexity index is 408. The molecule has 1 aliphatic rings. The summed E-state index contributed by atoms with van der Waals surface area (Å²) in [6.45, 7) is 0.836. The molecule has 1 heterocycles. The topological polar surface area (TPSA) is 40.5 Å². The third-order valence-corrected chi connectivity index (χ3v) is 3.96. The van der Waals surface area contributed by atoms with E-state index >= 15 is 0 Å². The molecule has 1 atom stereocenters. The van der Waals surface area contributed by atoms with Gasteiger partial charge in [-0.3, -0.25) is 4.79 Å². The fraction of sp³-hybridized carbons (Fsp3) is 0.462. The number of hydrogen-bond acceptors (Lipinski definition) is 2. The van der Waals surface area contributed by atoms with Crippen molar-refractivity contribution in [1.29, 1.82) is 0 Å². The monoisotopic (exact) mass is 297 g/mol. The summed E-state index contributed by atoms with van der Waals surface area (Å²) in [4.78, 5) is 14.0. The van der Waals surface area contributed by atoms with Crippen molar-refractivity contribution >= 4 is 21.8 Å². The van der Waals surface area contributed by atoms with Crippen molar-refractivity contribution in [3.05, 3.63) is 29.8 Å². The average molecular weight is 298 g/mol. The minimum Gasteiger partial charge on any atom is -0.508 e. The van der Waals surface area contributed by atoms with Crippen molar-refractivity contribution in [2.75, 3.05) is 11.9 Å². The molecule has 1 fully saturated rings. The second-order valence-electron chi connectivity index (χ2n) is 4.34. The van der Waals surface area contributed by atoms with Crippen molar-refractivity contribution in [2.24, 2.45) is 0 Å². The lowest BCUT2D eigenvalue weighted by atomic mass is 10.1. The number of phenols is 1. The van der Waals surface area contributed by atoms with Gasteiger partial charge in [-0.1, -0.05) is 34.1 Å². The van der Waals surface area contributed by atoms with E-state index in [9.17, 15) is 9.90 Å². The first-order chi connectivity index (χ1) is 8.22. The highest BCUT2D eigenvalue weighted by atomic mass is 79.9. The summed E-state index contributed by atoms with van der Waals surface area (Å²) in [7, 11) is 0. The Labute approximate surface area is 110 Å². The number of hydrogen-bond donors (Lipinski definition) is 1. The van der Waals surface area contributed by atoms with Gasteiger partial charge in [0.05, 0.1) is 6.42 Å². The second kappa shape index (κ2) is 5.54. The lowest BCUT2D eigenvalue weighted by Crippen LogP contribution is -2.37. The molecule has 17 heavy (non-hydrogen) atoms. The molecule has 0 aliphatic carbocycles. The van der Waals surface area contributed by atoms with E-state index in [1.165, 1.54) is 0 Å². The first kappa shape index (κ1) is 12.4. The molecule has 1 aromatic carbocycles. The third-order valence-electron chi connectivity index (χ3n) is 3.21. The lowest BCUT2D eigenvalue weighted by Gasteiger charge is -2.23. The zero-order valence-electron chi connectivity index (χ0n) is 9.60. The van der Waals surface area contributed by atoms with Crippen LogP contribution in [0.4, 0.5) is 0 Å². The lowest BCUT2D eigenvalue weighted by molar-refractivity contribution is -0.130. The predicted octanol–water partition coefficient (Wildman–Crippen LogP) is 2.32. The van der Waals surface area contributed by atoms with E-state index in [-0.39, 0.29) is 18.1 Å². The highest BCUT2D eigenvalue weighted by Gasteiger charge is 2.27. The van der Waals surface area contributed by atoms with E-state index in [1.54, 1.807) is 18.2 Å². The first-order valence-electron chi connectivity index (χ1n) is 5.84. The molecule has 1 N–H and O–H groups in total. The molecule has 1 unspecified atom stereocenters. The van der Waals surface area contributed by atoms with Crippen LogP contribution in [0.5, 0.6) is 5.75 Å². The van der Waals surface area contributed by atoms with Gasteiger partial charge in [0.1, 0.15) is 5.75 Å². The number of halogens is 1. The number of para-hydroxylation sites is 1. The van der Waals surface area contributed by atoms with E-state index in [1.807, 2.05) is 11.0 Å². The van der Waals surface area contributed by atoms with Gasteiger partial charge < -0.3 is 10.0 Å². The maximum atomic E-state index is 12.1. The maximum Gasteiger partial charge on any atom is 0.227 e. The highest BCUT2D eigenvalue weighted by Crippen LogP contribution is 2.22. The van der Waals surface area contributed by atoms with Crippen LogP contribution in [-0.2, 0) is 11.2 Å². The van der Waals surface area contributed by atoms with Crippen LogP contribution in [0.1, 0.15) is 18.4 Å². The van der Waals surface area contributed by atoms with Crippen molar-refractivity contribution in [2.45, 2.75) is 25.3 Å². The summed E-state index contributed by atoms with van der Waals surface area (Å²) in [5.41, 5.74) is 0.706. The van der Waals surface area contributed by atoms with Gasteiger partial charge in [0, 0.05) is 23.5 Å². The molecule has 0 spiro atoms. The maximum absolute atomic E-state index is 12.1. The van der Waals surface area contributed by atoms with Crippen molar-refractivity contribution in [3.8, 4) is 5.75 Å². The molecule has 0 radical (unpaired) electrons. The molecule has 0 saturated carbocycles. The number of amides is 1. The number of alkyl halides is 1. The van der Waals surface area contributed by atoms with E-state index in [2.05, 4.69) is 15.9 Å². The minimum absolute atomic E-state index is 0.105. The Hall–Kier alpha value is -1.03. The first-order valence-corrected chi connectivity index (χ1v) is 6.97. The quantitative estimate of drug-likeness (QED) is 0.870. The molecule has 1 aliphatic heterocycles. The number of likely N-dealkylation sites (tertiary alicyclic amines) is 1. The van der Waals surface area contributed by atoms with Crippen LogP contribution < -0.4 is 0 Å². The Morgan fingerprint density at radius 1 is 1.47 bits per heavy atom. The van der Waals surface area contributed by atoms with Gasteiger partial charge in [0.25, 0.3) is 0 Å². The molecular weight excluding hydrogens is 282 g/mol. The van der Waals surface area contributed by atoms with Gasteiger partial charge in [0.15, 0.2) is 0 Å². The summed E-state index contributed by atoms with van der Waals surface area (Å²) in [5, 5.41) is 10.5. The Morgan fingerprint density at radius 3 is 2.94 bits per heavy atom. The van der Waals surface area contributed by atoms with Gasteiger partial charge >= 0.3 is 0 Å². The Kier molecular flexibility index (Phi) is 4.05. The number of benzene rings is 1. The van der Waals surface area contributed by atoms with Crippen LogP contribution in [0.3, 0.4) is 0 Å². The van der Waals surface area contributed by atoms with Crippen LogP contribution in [0.15, 0.2) is 24.3 Å². The zero-order valence-corrected chi connectivity index (χ0v) is 11.2. The van der Waals surface area contributed by atoms with E-state index in [0.29, 0.717) is 11.6 Å². The highest BCUT2D eigenvalue weighted by molar-refractivity contribution is 9.09. The van der Waals surface area contributed by atoms with Crippen LogP contribution in [-0.4, -0.2) is 33.8 Å². The molecule has 1 amide bonds. The van der Waals surface area contributed by atoms with Gasteiger partial charge in [-0.15, -0.1) is 0 Å². The average Bonchev–Trinajstić information content (AvgIpc) is 2.80. The number of aromatic hydroxyl groups is 1. The largest absolute Gasteiger partial charge is 0.508 e. The van der Waals surface area contributed by atoms with E-state index in [4.69, 9.17) is 0 Å². The molecule has 0 aromatic heterocycles. The molecule has 0 bridgehead atoms. The van der Waals surface area contributed by atoms with Crippen molar-refractivity contribution in [1.82, 2.24) is 4.90 Å². The molecule has 1 saturated heterocycles. The smallest absolute Gasteiger partial charge is 0.227 e. The summed E-state index contributed by atoms with van der Waals surface area (Å²) in [5.74, 6) is 0.309. The van der Waals surface area contributed by atoms with Crippen LogP contribution >= 0.6 is 15.9 Å². The van der Waals surface area contributed by atoms with E-state index in [0.717, 1.165) is 24.7 Å². The number of carbonyl (C=O) groups excluding carboxylic acids is 1. The second-order valence-corrected chi connectivity index (χ2v) is 4.99. The number of phenolic OH excluding ortho intramolecular Hbond substituents is 1. The zero-order chi connectivity index (χ0) is 12.3. The molecule has 4 heteroatoms. The predicted molar refractivity (Wildman–Crippen MR) is 70.3 cm³/mol. The molecule has 3 nitrogen and oxygen atoms in total. The molecule has 2 rings (SSSR count). The standard InChI is InChI=1S/C13H16BrNO2/c14-9-11-5-3-7-15(11)13(17)8-10-4-1-2-6-12(10)16/h1-2,4,6,11,16H,3,5,7-9H2. The van der Waals surface area contributed by atoms with Crippen LogP contribution in [0, 0.1) is 0 Å². The molecule has 1 aromatic rings. The number of rotatable bonds is 3. The summed E-state index contributed by atoms with van der Waals surface area (Å²) < 4.78 is 0. The van der Waals surface area contributed by atoms with Gasteiger partial charge in [0.2, 0.25) is 5.91 Å². The Morgan fingerprint density at radius 2 is 2.24 bits per heavy atom. The van der Waals surface area contributed by atoms with Crippen molar-refractivity contribution < 1.29 is 9.90 Å². The Balaban J connectivity index is 2.04. The normalized spacial score (nSPS) is 19.6. The number of nitrogens with zero attached hydrogens (tertiary/aromatic N) is 1. The number of carbonyl (C=O) groups is 1. The van der Waals surface area contributed by atoms with E-state index < -0.39 is 0 Å². The van der Waals surface area contributed by atoms with Crippen LogP contribution in [0.25, 0.3) is 0 Å². The summed E-state index contributed by atoms with van der Waals surface area (Å²) in [6, 6.07) is 7.34. The van der Waals surface area contributed by atoms with Gasteiger partial charge in [-0.25, -0.2) is 0 Å². The fourth-order valence-corrected chi connectivity index (χ4v) is 2.92. The van der Waals surface area contributed by atoms with Gasteiger partial charge in [-0.2, -0.15) is 0 Å². The molecule has 92 valence electrons. The fourth-order valence-electron chi connectivity index (χ4n) is 2.25. The third kappa shape index (κ3) is 2.80. The SMILES string of the molecule is O=C(Cc1ccccc1O)N1CCCC1CBr. The van der Waals surface area contributed by atoms with Crippen molar-refractivity contribution in [3.63, 3.8) is 0 Å². The summed E-state index contributed by atoms with van der Waals surface area (Å²) in [6.07, 6.45) is 2.43. The van der Waals surface area contributed by atoms with Crippen LogP contribution in [0.2, 0.25) is 0 Å². The van der Waals surface area contributed by atoms with Gasteiger partial charge in [-0.05, 0) is 18.9 Å².